The Morgan fingerprint density at radius 2 is 1.89 bits per heavy atom. The van der Waals surface area contributed by atoms with E-state index >= 15 is 0 Å². The Morgan fingerprint density at radius 3 is 2.53 bits per heavy atom. The number of ether oxygens (including phenoxy) is 1. The number of hydrogen-bond acceptors (Lipinski definition) is 4. The Morgan fingerprint density at radius 1 is 1.21 bits per heavy atom. The molecule has 0 bridgehead atoms. The maximum Gasteiger partial charge on any atom is 0.216 e. The molecule has 0 aliphatic carbocycles. The Balaban J connectivity index is 2.23. The molecule has 0 aliphatic heterocycles. The van der Waals surface area contributed by atoms with Crippen LogP contribution in [0, 0.1) is 13.8 Å². The molecule has 4 nitrogen and oxygen atoms in total. The molecular weight excluding hydrogens is 240 g/mol. The lowest BCUT2D eigenvalue weighted by atomic mass is 9.95. The van der Waals surface area contributed by atoms with Gasteiger partial charge in [0.05, 0.1) is 18.9 Å². The van der Waals surface area contributed by atoms with Gasteiger partial charge in [-0.05, 0) is 30.5 Å². The highest BCUT2D eigenvalue weighted by Crippen LogP contribution is 2.24. The molecule has 0 saturated carbocycles. The topological polar surface area (TPSA) is 55.2 Å². The Labute approximate surface area is 113 Å². The number of rotatable bonds is 4. The zero-order valence-corrected chi connectivity index (χ0v) is 11.4. The third-order valence-electron chi connectivity index (χ3n) is 3.19. The minimum atomic E-state index is -0.569. The maximum absolute atomic E-state index is 10.4. The van der Waals surface area contributed by atoms with Gasteiger partial charge in [0.1, 0.15) is 6.33 Å². The summed E-state index contributed by atoms with van der Waals surface area (Å²) in [5.41, 5.74) is 3.92. The summed E-state index contributed by atoms with van der Waals surface area (Å²) >= 11 is 0. The van der Waals surface area contributed by atoms with Gasteiger partial charge in [-0.15, -0.1) is 0 Å². The lowest BCUT2D eigenvalue weighted by Crippen LogP contribution is -2.07. The first-order chi connectivity index (χ1) is 9.11. The van der Waals surface area contributed by atoms with Crippen LogP contribution in [0.1, 0.15) is 28.5 Å². The monoisotopic (exact) mass is 258 g/mol. The quantitative estimate of drug-likeness (QED) is 0.914. The standard InChI is InChI=1S/C15H18N2O2/c1-10-5-4-6-11(2)15(10)13(18)7-12-8-14(19-3)17-9-16-12/h4-6,8-9,13,18H,7H2,1-3H3. The molecule has 1 aromatic carbocycles. The molecule has 19 heavy (non-hydrogen) atoms. The van der Waals surface area contributed by atoms with Crippen molar-refractivity contribution in [1.29, 1.82) is 0 Å². The lowest BCUT2D eigenvalue weighted by Gasteiger charge is -2.16. The number of nitrogens with zero attached hydrogens (tertiary/aromatic N) is 2. The Kier molecular flexibility index (Phi) is 4.12. The van der Waals surface area contributed by atoms with E-state index in [1.54, 1.807) is 13.2 Å². The van der Waals surface area contributed by atoms with E-state index in [4.69, 9.17) is 4.74 Å². The van der Waals surface area contributed by atoms with Crippen LogP contribution in [0.5, 0.6) is 5.88 Å². The fourth-order valence-electron chi connectivity index (χ4n) is 2.25. The molecule has 2 aromatic rings. The van der Waals surface area contributed by atoms with E-state index in [9.17, 15) is 5.11 Å². The van der Waals surface area contributed by atoms with Crippen molar-refractivity contribution in [2.24, 2.45) is 0 Å². The highest BCUT2D eigenvalue weighted by atomic mass is 16.5. The first-order valence-corrected chi connectivity index (χ1v) is 6.21. The minimum Gasteiger partial charge on any atom is -0.481 e. The highest BCUT2D eigenvalue weighted by molar-refractivity contribution is 5.36. The van der Waals surface area contributed by atoms with Gasteiger partial charge in [-0.1, -0.05) is 18.2 Å². The number of aliphatic hydroxyl groups excluding tert-OH is 1. The van der Waals surface area contributed by atoms with Gasteiger partial charge < -0.3 is 9.84 Å². The van der Waals surface area contributed by atoms with Crippen LogP contribution in [0.3, 0.4) is 0 Å². The van der Waals surface area contributed by atoms with Crippen LogP contribution < -0.4 is 4.74 Å². The zero-order chi connectivity index (χ0) is 13.8. The second-order valence-electron chi connectivity index (χ2n) is 4.58. The van der Waals surface area contributed by atoms with E-state index in [-0.39, 0.29) is 0 Å². The number of benzene rings is 1. The van der Waals surface area contributed by atoms with Gasteiger partial charge in [-0.2, -0.15) is 0 Å². The van der Waals surface area contributed by atoms with E-state index in [2.05, 4.69) is 9.97 Å². The van der Waals surface area contributed by atoms with Crippen molar-refractivity contribution in [3.63, 3.8) is 0 Å². The summed E-state index contributed by atoms with van der Waals surface area (Å²) in [6, 6.07) is 7.75. The number of aryl methyl sites for hydroxylation is 2. The van der Waals surface area contributed by atoms with E-state index in [0.717, 1.165) is 22.4 Å². The largest absolute Gasteiger partial charge is 0.481 e. The summed E-state index contributed by atoms with van der Waals surface area (Å²) in [5.74, 6) is 0.513. The maximum atomic E-state index is 10.4. The molecule has 0 amide bonds. The Hall–Kier alpha value is -1.94. The number of hydrogen-bond donors (Lipinski definition) is 1. The van der Waals surface area contributed by atoms with E-state index in [0.29, 0.717) is 12.3 Å². The summed E-state index contributed by atoms with van der Waals surface area (Å²) in [5, 5.41) is 10.4. The zero-order valence-electron chi connectivity index (χ0n) is 11.4. The molecule has 0 saturated heterocycles. The normalized spacial score (nSPS) is 12.2. The van der Waals surface area contributed by atoms with Crippen LogP contribution in [-0.2, 0) is 6.42 Å². The van der Waals surface area contributed by atoms with Gasteiger partial charge in [-0.3, -0.25) is 0 Å². The summed E-state index contributed by atoms with van der Waals surface area (Å²) in [7, 11) is 1.56. The molecule has 100 valence electrons. The third-order valence-corrected chi connectivity index (χ3v) is 3.19. The van der Waals surface area contributed by atoms with Gasteiger partial charge in [0.25, 0.3) is 0 Å². The molecular formula is C15H18N2O2. The first-order valence-electron chi connectivity index (χ1n) is 6.21. The molecule has 1 N–H and O–H groups in total. The van der Waals surface area contributed by atoms with Crippen molar-refractivity contribution in [2.75, 3.05) is 7.11 Å². The second-order valence-corrected chi connectivity index (χ2v) is 4.58. The molecule has 2 rings (SSSR count). The van der Waals surface area contributed by atoms with Gasteiger partial charge >= 0.3 is 0 Å². The number of aliphatic hydroxyl groups is 1. The van der Waals surface area contributed by atoms with E-state index in [1.807, 2.05) is 32.0 Å². The van der Waals surface area contributed by atoms with Crippen molar-refractivity contribution in [1.82, 2.24) is 9.97 Å². The lowest BCUT2D eigenvalue weighted by molar-refractivity contribution is 0.175. The van der Waals surface area contributed by atoms with Crippen LogP contribution in [0.2, 0.25) is 0 Å². The van der Waals surface area contributed by atoms with E-state index < -0.39 is 6.10 Å². The van der Waals surface area contributed by atoms with Crippen molar-refractivity contribution >= 4 is 0 Å². The van der Waals surface area contributed by atoms with Crippen LogP contribution in [0.25, 0.3) is 0 Å². The van der Waals surface area contributed by atoms with Gasteiger partial charge in [0, 0.05) is 12.5 Å². The van der Waals surface area contributed by atoms with Crippen molar-refractivity contribution in [3.05, 3.63) is 53.0 Å². The van der Waals surface area contributed by atoms with Gasteiger partial charge in [-0.25, -0.2) is 9.97 Å². The number of methoxy groups -OCH3 is 1. The van der Waals surface area contributed by atoms with E-state index in [1.165, 1.54) is 6.33 Å². The van der Waals surface area contributed by atoms with Gasteiger partial charge in [0.15, 0.2) is 0 Å². The third kappa shape index (κ3) is 3.09. The molecule has 1 unspecified atom stereocenters. The summed E-state index contributed by atoms with van der Waals surface area (Å²) in [4.78, 5) is 8.12. The predicted molar refractivity (Wildman–Crippen MR) is 73.2 cm³/mol. The smallest absolute Gasteiger partial charge is 0.216 e. The predicted octanol–water partition coefficient (Wildman–Crippen LogP) is 2.38. The second kappa shape index (κ2) is 5.80. The summed E-state index contributed by atoms with van der Waals surface area (Å²) < 4.78 is 5.06. The SMILES string of the molecule is COc1cc(CC(O)c2c(C)cccc2C)ncn1. The highest BCUT2D eigenvalue weighted by Gasteiger charge is 2.14. The van der Waals surface area contributed by atoms with Crippen LogP contribution in [0.15, 0.2) is 30.6 Å². The van der Waals surface area contributed by atoms with Crippen LogP contribution in [0.4, 0.5) is 0 Å². The van der Waals surface area contributed by atoms with Gasteiger partial charge in [0.2, 0.25) is 5.88 Å². The molecule has 4 heteroatoms. The fraction of sp³-hybridized carbons (Fsp3) is 0.333. The average molecular weight is 258 g/mol. The van der Waals surface area contributed by atoms with Crippen molar-refractivity contribution in [2.45, 2.75) is 26.4 Å². The van der Waals surface area contributed by atoms with Crippen LogP contribution >= 0.6 is 0 Å². The molecule has 1 aromatic heterocycles. The minimum absolute atomic E-state index is 0.449. The molecule has 0 radical (unpaired) electrons. The van der Waals surface area contributed by atoms with Crippen LogP contribution in [-0.4, -0.2) is 22.2 Å². The fourth-order valence-corrected chi connectivity index (χ4v) is 2.25. The molecule has 0 fully saturated rings. The average Bonchev–Trinajstić information content (AvgIpc) is 2.38. The molecule has 0 aliphatic rings. The molecule has 1 atom stereocenters. The van der Waals surface area contributed by atoms with Crippen molar-refractivity contribution < 1.29 is 9.84 Å². The number of aromatic nitrogens is 2. The Bertz CT molecular complexity index is 550. The van der Waals surface area contributed by atoms with Crippen molar-refractivity contribution in [3.8, 4) is 5.88 Å². The summed E-state index contributed by atoms with van der Waals surface area (Å²) in [6.07, 6.45) is 1.33. The molecule has 1 heterocycles. The first kappa shape index (κ1) is 13.5. The molecule has 0 spiro atoms. The summed E-state index contributed by atoms with van der Waals surface area (Å²) in [6.45, 7) is 4.01.